The Morgan fingerprint density at radius 3 is 2.75 bits per heavy atom. The monoisotopic (exact) mass is 427 g/mol. The summed E-state index contributed by atoms with van der Waals surface area (Å²) in [6, 6.07) is 6.16. The largest absolute Gasteiger partial charge is 0.423 e. The first-order chi connectivity index (χ1) is 12.6. The van der Waals surface area contributed by atoms with Crippen molar-refractivity contribution in [3.05, 3.63) is 30.1 Å². The Morgan fingerprint density at radius 1 is 1.29 bits per heavy atom. The number of nitrogens with one attached hydrogen (secondary N) is 2. The minimum absolute atomic E-state index is 0. The molecule has 2 aromatic heterocycles. The number of aromatic nitrogens is 4. The van der Waals surface area contributed by atoms with Crippen LogP contribution in [0.25, 0.3) is 11.1 Å². The number of anilines is 2. The van der Waals surface area contributed by atoms with Gasteiger partial charge in [-0.1, -0.05) is 5.21 Å². The first-order valence-corrected chi connectivity index (χ1v) is 8.62. The number of amides is 1. The van der Waals surface area contributed by atoms with Gasteiger partial charge in [0.15, 0.2) is 11.3 Å². The van der Waals surface area contributed by atoms with E-state index in [0.29, 0.717) is 34.5 Å². The second-order valence-corrected chi connectivity index (χ2v) is 6.59. The number of hydrogen-bond donors (Lipinski definition) is 2. The van der Waals surface area contributed by atoms with E-state index >= 15 is 0 Å². The lowest BCUT2D eigenvalue weighted by molar-refractivity contribution is 0.102. The molecule has 28 heavy (non-hydrogen) atoms. The maximum atomic E-state index is 12.5. The standard InChI is InChI=1S/C17H21N7O2.2ClH/c1-23(2)17-20-13-9-11(3-4-15(13)26-17)19-16(25)14-10-24(22-21-14)12-5-7-18-8-6-12;;/h3-4,9-10,12,18H,5-8H2,1-2H3,(H,19,25);2*1H. The van der Waals surface area contributed by atoms with E-state index in [4.69, 9.17) is 4.42 Å². The van der Waals surface area contributed by atoms with Gasteiger partial charge in [0.1, 0.15) is 5.52 Å². The normalized spacial score (nSPS) is 14.2. The fourth-order valence-corrected chi connectivity index (χ4v) is 3.01. The lowest BCUT2D eigenvalue weighted by Gasteiger charge is -2.22. The van der Waals surface area contributed by atoms with Crippen LogP contribution in [0.15, 0.2) is 28.8 Å². The van der Waals surface area contributed by atoms with Gasteiger partial charge in [0, 0.05) is 19.8 Å². The zero-order chi connectivity index (χ0) is 18.1. The third kappa shape index (κ3) is 4.54. The average molecular weight is 428 g/mol. The number of benzene rings is 1. The first kappa shape index (κ1) is 21.9. The Morgan fingerprint density at radius 2 is 2.04 bits per heavy atom. The molecule has 1 saturated heterocycles. The van der Waals surface area contributed by atoms with Crippen molar-refractivity contribution >= 4 is 53.5 Å². The van der Waals surface area contributed by atoms with Crippen LogP contribution in [0.5, 0.6) is 0 Å². The van der Waals surface area contributed by atoms with Crippen molar-refractivity contribution in [1.29, 1.82) is 0 Å². The summed E-state index contributed by atoms with van der Waals surface area (Å²) in [5.74, 6) is -0.291. The number of rotatable bonds is 4. The number of fused-ring (bicyclic) bond motifs is 1. The van der Waals surface area contributed by atoms with Crippen LogP contribution in [0.1, 0.15) is 29.4 Å². The molecule has 3 heterocycles. The van der Waals surface area contributed by atoms with Crippen LogP contribution in [0.3, 0.4) is 0 Å². The van der Waals surface area contributed by atoms with E-state index in [9.17, 15) is 4.79 Å². The third-order valence-electron chi connectivity index (χ3n) is 4.44. The highest BCUT2D eigenvalue weighted by Crippen LogP contribution is 2.24. The fourth-order valence-electron chi connectivity index (χ4n) is 3.01. The Hall–Kier alpha value is -2.36. The van der Waals surface area contributed by atoms with E-state index < -0.39 is 0 Å². The molecular weight excluding hydrogens is 405 g/mol. The summed E-state index contributed by atoms with van der Waals surface area (Å²) < 4.78 is 7.41. The zero-order valence-electron chi connectivity index (χ0n) is 15.6. The van der Waals surface area contributed by atoms with Crippen molar-refractivity contribution in [3.63, 3.8) is 0 Å². The van der Waals surface area contributed by atoms with Gasteiger partial charge in [-0.3, -0.25) is 4.79 Å². The van der Waals surface area contributed by atoms with Gasteiger partial charge < -0.3 is 20.0 Å². The molecule has 0 saturated carbocycles. The summed E-state index contributed by atoms with van der Waals surface area (Å²) in [4.78, 5) is 18.6. The van der Waals surface area contributed by atoms with Crippen molar-refractivity contribution in [2.45, 2.75) is 18.9 Å². The van der Waals surface area contributed by atoms with Crippen LogP contribution in [-0.2, 0) is 0 Å². The maximum Gasteiger partial charge on any atom is 0.297 e. The van der Waals surface area contributed by atoms with Gasteiger partial charge >= 0.3 is 0 Å². The van der Waals surface area contributed by atoms with E-state index in [1.165, 1.54) is 0 Å². The molecule has 9 nitrogen and oxygen atoms in total. The number of nitrogens with zero attached hydrogens (tertiary/aromatic N) is 5. The van der Waals surface area contributed by atoms with Gasteiger partial charge in [0.25, 0.3) is 11.9 Å². The predicted octanol–water partition coefficient (Wildman–Crippen LogP) is 2.51. The van der Waals surface area contributed by atoms with Crippen molar-refractivity contribution < 1.29 is 9.21 Å². The minimum Gasteiger partial charge on any atom is -0.423 e. The molecule has 3 aromatic rings. The highest BCUT2D eigenvalue weighted by atomic mass is 35.5. The minimum atomic E-state index is -0.291. The summed E-state index contributed by atoms with van der Waals surface area (Å²) in [6.07, 6.45) is 3.69. The molecule has 0 radical (unpaired) electrons. The Balaban J connectivity index is 0.00000140. The van der Waals surface area contributed by atoms with Crippen molar-refractivity contribution in [1.82, 2.24) is 25.3 Å². The summed E-state index contributed by atoms with van der Waals surface area (Å²) in [6.45, 7) is 1.91. The molecule has 2 N–H and O–H groups in total. The molecule has 1 aliphatic rings. The Kier molecular flexibility index (Phi) is 7.22. The van der Waals surface area contributed by atoms with Crippen molar-refractivity contribution in [3.8, 4) is 0 Å². The lowest BCUT2D eigenvalue weighted by atomic mass is 10.1. The molecule has 152 valence electrons. The van der Waals surface area contributed by atoms with E-state index in [1.54, 1.807) is 34.0 Å². The molecule has 1 fully saturated rings. The van der Waals surface area contributed by atoms with Crippen molar-refractivity contribution in [2.24, 2.45) is 0 Å². The molecule has 11 heteroatoms. The number of halogens is 2. The zero-order valence-corrected chi connectivity index (χ0v) is 17.2. The van der Waals surface area contributed by atoms with Gasteiger partial charge in [-0.25, -0.2) is 4.68 Å². The summed E-state index contributed by atoms with van der Waals surface area (Å²) in [5.41, 5.74) is 2.30. The predicted molar refractivity (Wildman–Crippen MR) is 112 cm³/mol. The molecule has 1 aliphatic heterocycles. The number of piperidine rings is 1. The highest BCUT2D eigenvalue weighted by Gasteiger charge is 2.19. The molecule has 0 bridgehead atoms. The Bertz CT molecular complexity index is 935. The summed E-state index contributed by atoms with van der Waals surface area (Å²) in [5, 5.41) is 14.3. The third-order valence-corrected chi connectivity index (χ3v) is 4.44. The van der Waals surface area contributed by atoms with Gasteiger partial charge in [-0.05, 0) is 44.1 Å². The quantitative estimate of drug-likeness (QED) is 0.659. The maximum absolute atomic E-state index is 12.5. The van der Waals surface area contributed by atoms with Gasteiger partial charge in [0.05, 0.1) is 12.2 Å². The van der Waals surface area contributed by atoms with Gasteiger partial charge in [0.2, 0.25) is 0 Å². The van der Waals surface area contributed by atoms with Crippen LogP contribution < -0.4 is 15.5 Å². The number of hydrogen-bond acceptors (Lipinski definition) is 7. The van der Waals surface area contributed by atoms with E-state index in [-0.39, 0.29) is 30.7 Å². The highest BCUT2D eigenvalue weighted by molar-refractivity contribution is 6.03. The van der Waals surface area contributed by atoms with Crippen LogP contribution in [0.2, 0.25) is 0 Å². The van der Waals surface area contributed by atoms with Crippen LogP contribution >= 0.6 is 24.8 Å². The first-order valence-electron chi connectivity index (χ1n) is 8.62. The van der Waals surface area contributed by atoms with Crippen LogP contribution in [0, 0.1) is 0 Å². The molecule has 0 atom stereocenters. The second-order valence-electron chi connectivity index (χ2n) is 6.59. The number of oxazole rings is 1. The molecule has 1 aromatic carbocycles. The molecule has 0 aliphatic carbocycles. The van der Waals surface area contributed by atoms with E-state index in [1.807, 2.05) is 14.1 Å². The topological polar surface area (TPSA) is 101 Å². The summed E-state index contributed by atoms with van der Waals surface area (Å²) in [7, 11) is 3.72. The van der Waals surface area contributed by atoms with Gasteiger partial charge in [-0.2, -0.15) is 4.98 Å². The van der Waals surface area contributed by atoms with Crippen LogP contribution in [-0.4, -0.2) is 53.1 Å². The lowest BCUT2D eigenvalue weighted by Crippen LogP contribution is -2.29. The summed E-state index contributed by atoms with van der Waals surface area (Å²) >= 11 is 0. The second kappa shape index (κ2) is 9.22. The number of carbonyl (C=O) groups excluding carboxylic acids is 1. The van der Waals surface area contributed by atoms with Crippen LogP contribution in [0.4, 0.5) is 11.7 Å². The molecule has 0 spiro atoms. The molecular formula is C17H23Cl2N7O2. The van der Waals surface area contributed by atoms with E-state index in [2.05, 4.69) is 25.9 Å². The Labute approximate surface area is 174 Å². The average Bonchev–Trinajstić information content (AvgIpc) is 3.29. The van der Waals surface area contributed by atoms with E-state index in [0.717, 1.165) is 25.9 Å². The molecule has 4 rings (SSSR count). The number of carbonyl (C=O) groups is 1. The fraction of sp³-hybridized carbons (Fsp3) is 0.412. The molecule has 0 unspecified atom stereocenters. The smallest absolute Gasteiger partial charge is 0.297 e. The van der Waals surface area contributed by atoms with Gasteiger partial charge in [-0.15, -0.1) is 29.9 Å². The molecule has 1 amide bonds. The SMILES string of the molecule is CN(C)c1nc2cc(NC(=O)c3cn(C4CCNCC4)nn3)ccc2o1.Cl.Cl. The van der Waals surface area contributed by atoms with Crippen molar-refractivity contribution in [2.75, 3.05) is 37.4 Å².